The summed E-state index contributed by atoms with van der Waals surface area (Å²) in [4.78, 5) is 12.5. The van der Waals surface area contributed by atoms with Crippen molar-refractivity contribution >= 4 is 60.6 Å². The quantitative estimate of drug-likeness (QED) is 0.266. The fourth-order valence-corrected chi connectivity index (χ4v) is 5.29. The van der Waals surface area contributed by atoms with E-state index >= 15 is 0 Å². The molecule has 3 aromatic rings. The molecule has 10 heteroatoms. The van der Waals surface area contributed by atoms with E-state index in [0.29, 0.717) is 17.1 Å². The monoisotopic (exact) mass is 603 g/mol. The molecule has 0 aliphatic rings. The molecule has 0 aliphatic carbocycles. The Morgan fingerprint density at radius 2 is 1.68 bits per heavy atom. The Morgan fingerprint density at radius 3 is 2.30 bits per heavy atom. The number of ether oxygens (including phenoxy) is 1. The van der Waals surface area contributed by atoms with Crippen molar-refractivity contribution in [3.05, 3.63) is 81.3 Å². The molecule has 0 heterocycles. The molecule has 7 nitrogen and oxygen atoms in total. The first-order valence-electron chi connectivity index (χ1n) is 11.6. The number of anilines is 2. The van der Waals surface area contributed by atoms with Crippen LogP contribution < -0.4 is 20.1 Å². The van der Waals surface area contributed by atoms with Crippen LogP contribution in [0.4, 0.5) is 11.4 Å². The lowest BCUT2D eigenvalue weighted by Crippen LogP contribution is -2.37. The number of hydrogen-bond donors (Lipinski definition) is 3. The molecule has 0 spiro atoms. The van der Waals surface area contributed by atoms with Crippen LogP contribution in [0, 0.1) is 20.8 Å². The number of benzene rings is 3. The number of hydrogen-bond acceptors (Lipinski definition) is 5. The van der Waals surface area contributed by atoms with Crippen molar-refractivity contribution in [1.82, 2.24) is 5.32 Å². The first-order chi connectivity index (χ1) is 17.4. The molecule has 0 saturated heterocycles. The van der Waals surface area contributed by atoms with Crippen LogP contribution in [0.5, 0.6) is 5.75 Å². The summed E-state index contributed by atoms with van der Waals surface area (Å²) in [6.07, 6.45) is 0. The van der Waals surface area contributed by atoms with E-state index in [-0.39, 0.29) is 22.5 Å². The third kappa shape index (κ3) is 7.77. The molecular weight excluding hydrogens is 574 g/mol. The zero-order chi connectivity index (χ0) is 27.3. The van der Waals surface area contributed by atoms with Gasteiger partial charge in [-0.15, -0.1) is 0 Å². The van der Waals surface area contributed by atoms with Gasteiger partial charge in [0.2, 0.25) is 0 Å². The number of sulfonamides is 1. The van der Waals surface area contributed by atoms with Crippen molar-refractivity contribution in [2.45, 2.75) is 45.4 Å². The fourth-order valence-electron chi connectivity index (χ4n) is 3.56. The second-order valence-electron chi connectivity index (χ2n) is 9.03. The predicted molar refractivity (Wildman–Crippen MR) is 156 cm³/mol. The number of aryl methyl sites for hydroxylation is 3. The minimum Gasteiger partial charge on any atom is -0.483 e. The number of carbonyl (C=O) groups is 1. The van der Waals surface area contributed by atoms with Gasteiger partial charge >= 0.3 is 0 Å². The Balaban J connectivity index is 1.57. The van der Waals surface area contributed by atoms with Crippen molar-refractivity contribution in [2.24, 2.45) is 0 Å². The standard InChI is InChI=1S/C27H30BrN3O4S2/c1-16(2)22-14-23(28)18(4)13-25(22)35-15-26(32)30-27(36)29-20-7-9-21(10-8-20)37(33,34)31-24-11-6-17(3)12-19(24)5/h6-14,16,31H,15H2,1-5H3,(H2,29,30,32,36). The zero-order valence-electron chi connectivity index (χ0n) is 21.3. The highest BCUT2D eigenvalue weighted by Crippen LogP contribution is 2.32. The van der Waals surface area contributed by atoms with E-state index in [4.69, 9.17) is 17.0 Å². The Hall–Kier alpha value is -2.95. The summed E-state index contributed by atoms with van der Waals surface area (Å²) in [7, 11) is -3.76. The average molecular weight is 605 g/mol. The molecule has 0 bridgehead atoms. The van der Waals surface area contributed by atoms with Crippen LogP contribution >= 0.6 is 28.1 Å². The van der Waals surface area contributed by atoms with Crippen LogP contribution in [-0.2, 0) is 14.8 Å². The molecule has 37 heavy (non-hydrogen) atoms. The van der Waals surface area contributed by atoms with Gasteiger partial charge in [-0.25, -0.2) is 8.42 Å². The largest absolute Gasteiger partial charge is 0.483 e. The van der Waals surface area contributed by atoms with Gasteiger partial charge in [0, 0.05) is 10.2 Å². The molecule has 3 N–H and O–H groups in total. The van der Waals surface area contributed by atoms with E-state index in [0.717, 1.165) is 26.7 Å². The average Bonchev–Trinajstić information content (AvgIpc) is 2.81. The van der Waals surface area contributed by atoms with Gasteiger partial charge in [-0.05, 0) is 98.1 Å². The lowest BCUT2D eigenvalue weighted by Gasteiger charge is -2.16. The highest BCUT2D eigenvalue weighted by Gasteiger charge is 2.16. The maximum Gasteiger partial charge on any atom is 0.264 e. The van der Waals surface area contributed by atoms with Gasteiger partial charge in [0.1, 0.15) is 5.75 Å². The lowest BCUT2D eigenvalue weighted by atomic mass is 10.0. The molecule has 196 valence electrons. The third-order valence-electron chi connectivity index (χ3n) is 5.57. The number of amides is 1. The lowest BCUT2D eigenvalue weighted by molar-refractivity contribution is -0.121. The summed E-state index contributed by atoms with van der Waals surface area (Å²) in [5.74, 6) is 0.459. The van der Waals surface area contributed by atoms with Crippen LogP contribution in [0.2, 0.25) is 0 Å². The van der Waals surface area contributed by atoms with Crippen LogP contribution in [0.1, 0.15) is 42.0 Å². The van der Waals surface area contributed by atoms with Gasteiger partial charge in [-0.2, -0.15) is 0 Å². The van der Waals surface area contributed by atoms with E-state index in [1.54, 1.807) is 18.2 Å². The summed E-state index contributed by atoms with van der Waals surface area (Å²) in [6.45, 7) is 9.66. The zero-order valence-corrected chi connectivity index (χ0v) is 24.5. The number of halogens is 1. The highest BCUT2D eigenvalue weighted by molar-refractivity contribution is 9.10. The number of thiocarbonyl (C=S) groups is 1. The van der Waals surface area contributed by atoms with E-state index < -0.39 is 15.9 Å². The normalized spacial score (nSPS) is 11.2. The predicted octanol–water partition coefficient (Wildman–Crippen LogP) is 6.19. The maximum absolute atomic E-state index is 12.8. The Kier molecular flexibility index (Phi) is 9.33. The van der Waals surface area contributed by atoms with Gasteiger partial charge in [0.25, 0.3) is 15.9 Å². The SMILES string of the molecule is Cc1ccc(NS(=O)(=O)c2ccc(NC(=S)NC(=O)COc3cc(C)c(Br)cc3C(C)C)cc2)c(C)c1. The molecule has 1 amide bonds. The molecule has 0 fully saturated rings. The first-order valence-corrected chi connectivity index (χ1v) is 14.3. The minimum atomic E-state index is -3.76. The summed E-state index contributed by atoms with van der Waals surface area (Å²) in [5, 5.41) is 5.54. The second kappa shape index (κ2) is 12.1. The second-order valence-corrected chi connectivity index (χ2v) is 12.0. The van der Waals surface area contributed by atoms with Crippen molar-refractivity contribution in [1.29, 1.82) is 0 Å². The Morgan fingerprint density at radius 1 is 1.00 bits per heavy atom. The molecule has 0 aromatic heterocycles. The number of rotatable bonds is 8. The highest BCUT2D eigenvalue weighted by atomic mass is 79.9. The van der Waals surface area contributed by atoms with Gasteiger partial charge in [-0.3, -0.25) is 14.8 Å². The van der Waals surface area contributed by atoms with Gasteiger partial charge in [0.05, 0.1) is 10.6 Å². The molecule has 3 rings (SSSR count). The number of carbonyl (C=O) groups excluding carboxylic acids is 1. The van der Waals surface area contributed by atoms with E-state index in [1.165, 1.54) is 12.1 Å². The molecule has 0 aliphatic heterocycles. The maximum atomic E-state index is 12.8. The van der Waals surface area contributed by atoms with Gasteiger partial charge < -0.3 is 10.1 Å². The van der Waals surface area contributed by atoms with Crippen molar-refractivity contribution in [2.75, 3.05) is 16.6 Å². The topological polar surface area (TPSA) is 96.5 Å². The Bertz CT molecular complexity index is 1420. The number of nitrogens with one attached hydrogen (secondary N) is 3. The van der Waals surface area contributed by atoms with Crippen LogP contribution in [0.3, 0.4) is 0 Å². The third-order valence-corrected chi connectivity index (χ3v) is 8.01. The van der Waals surface area contributed by atoms with Crippen LogP contribution in [0.25, 0.3) is 0 Å². The summed E-state index contributed by atoms with van der Waals surface area (Å²) < 4.78 is 34.9. The van der Waals surface area contributed by atoms with Crippen molar-refractivity contribution < 1.29 is 17.9 Å². The molecule has 0 unspecified atom stereocenters. The summed E-state index contributed by atoms with van der Waals surface area (Å²) in [5.41, 5.74) is 4.94. The van der Waals surface area contributed by atoms with Crippen molar-refractivity contribution in [3.63, 3.8) is 0 Å². The molecule has 0 saturated carbocycles. The molecule has 0 atom stereocenters. The van der Waals surface area contributed by atoms with E-state index in [2.05, 4.69) is 45.1 Å². The minimum absolute atomic E-state index is 0.0775. The van der Waals surface area contributed by atoms with Gasteiger partial charge in [0.15, 0.2) is 11.7 Å². The smallest absolute Gasteiger partial charge is 0.264 e. The van der Waals surface area contributed by atoms with E-state index in [1.807, 2.05) is 45.0 Å². The summed E-state index contributed by atoms with van der Waals surface area (Å²) >= 11 is 8.76. The van der Waals surface area contributed by atoms with Crippen molar-refractivity contribution in [3.8, 4) is 5.75 Å². The van der Waals surface area contributed by atoms with E-state index in [9.17, 15) is 13.2 Å². The Labute approximate surface area is 232 Å². The van der Waals surface area contributed by atoms with Crippen LogP contribution in [0.15, 0.2) is 64.0 Å². The molecule has 3 aromatic carbocycles. The van der Waals surface area contributed by atoms with Crippen LogP contribution in [-0.4, -0.2) is 26.0 Å². The summed E-state index contributed by atoms with van der Waals surface area (Å²) in [6, 6.07) is 15.5. The first kappa shape index (κ1) is 28.6. The van der Waals surface area contributed by atoms with Gasteiger partial charge in [-0.1, -0.05) is 47.5 Å². The molecule has 0 radical (unpaired) electrons. The molecular formula is C27H30BrN3O4S2. The fraction of sp³-hybridized carbons (Fsp3) is 0.259.